The second-order valence-electron chi connectivity index (χ2n) is 4.91. The number of rotatable bonds is 12. The van der Waals surface area contributed by atoms with Gasteiger partial charge in [-0.15, -0.1) is 0 Å². The Balaban J connectivity index is -0.000000388. The minimum Gasteiger partial charge on any atom is -0.481 e. The van der Waals surface area contributed by atoms with Gasteiger partial charge in [-0.1, -0.05) is 24.3 Å². The van der Waals surface area contributed by atoms with Crippen LogP contribution in [0.2, 0.25) is 0 Å². The van der Waals surface area contributed by atoms with Gasteiger partial charge in [0.1, 0.15) is 12.4 Å². The molecule has 0 aromatic heterocycles. The number of carbonyl (C=O) groups excluding carboxylic acids is 2. The number of aliphatic hydroxyl groups excluding tert-OH is 2. The van der Waals surface area contributed by atoms with E-state index in [2.05, 4.69) is 0 Å². The summed E-state index contributed by atoms with van der Waals surface area (Å²) in [6, 6.07) is 0. The number of hydrogen-bond acceptors (Lipinski definition) is 8. The zero-order chi connectivity index (χ0) is 22.2. The van der Waals surface area contributed by atoms with E-state index in [1.54, 1.807) is 19.3 Å². The van der Waals surface area contributed by atoms with Crippen molar-refractivity contribution < 1.29 is 49.1 Å². The molecule has 0 aromatic rings. The lowest BCUT2D eigenvalue weighted by molar-refractivity contribution is -0.144. The molecule has 0 amide bonds. The summed E-state index contributed by atoms with van der Waals surface area (Å²) in [7, 11) is 1.54. The fraction of sp³-hybridized carbons (Fsp3) is 0.556. The summed E-state index contributed by atoms with van der Waals surface area (Å²) in [5.74, 6) is -2.14. The molecule has 4 N–H and O–H groups in total. The summed E-state index contributed by atoms with van der Waals surface area (Å²) < 4.78 is 9.50. The fourth-order valence-electron chi connectivity index (χ4n) is 1.09. The second-order valence-corrected chi connectivity index (χ2v) is 4.91. The Hall–Kier alpha value is -2.56. The van der Waals surface area contributed by atoms with E-state index in [0.29, 0.717) is 13.0 Å². The summed E-state index contributed by atoms with van der Waals surface area (Å²) >= 11 is 0. The molecule has 0 saturated carbocycles. The standard InChI is InChI=1S/C10H16O4.C6H8O4.C2H6O2/c1-9(11)5-3-4-6-10(12)14-8-7-13-2;7-5(8)3-1-2-4-6(9)10;3-1-2-4/h3-4H,5-8H2,1-2H3;1-2H,3-4H2,(H,7,8)(H,9,10);3-4H,1-2H2/b4-3+;2-1+;. The van der Waals surface area contributed by atoms with Crippen molar-refractivity contribution in [1.82, 2.24) is 0 Å². The van der Waals surface area contributed by atoms with E-state index in [9.17, 15) is 19.2 Å². The highest BCUT2D eigenvalue weighted by Gasteiger charge is 1.98. The maximum atomic E-state index is 10.9. The lowest BCUT2D eigenvalue weighted by Gasteiger charge is -2.00. The minimum atomic E-state index is -0.957. The summed E-state index contributed by atoms with van der Waals surface area (Å²) in [5, 5.41) is 31.4. The molecule has 0 spiro atoms. The molecular formula is C18H30O10. The summed E-state index contributed by atoms with van der Waals surface area (Å²) in [5.41, 5.74) is 0. The molecular weight excluding hydrogens is 376 g/mol. The van der Waals surface area contributed by atoms with Crippen LogP contribution in [0.3, 0.4) is 0 Å². The molecule has 28 heavy (non-hydrogen) atoms. The van der Waals surface area contributed by atoms with Crippen molar-refractivity contribution in [1.29, 1.82) is 0 Å². The van der Waals surface area contributed by atoms with Gasteiger partial charge in [-0.3, -0.25) is 19.2 Å². The van der Waals surface area contributed by atoms with Crippen molar-refractivity contribution in [2.75, 3.05) is 33.5 Å². The van der Waals surface area contributed by atoms with Crippen LogP contribution in [0.25, 0.3) is 0 Å². The number of allylic oxidation sites excluding steroid dienone is 1. The zero-order valence-electron chi connectivity index (χ0n) is 16.2. The number of carboxylic acid groups (broad SMARTS) is 2. The lowest BCUT2D eigenvalue weighted by atomic mass is 10.3. The van der Waals surface area contributed by atoms with Gasteiger partial charge in [0.05, 0.1) is 39.1 Å². The van der Waals surface area contributed by atoms with Crippen LogP contribution in [0.15, 0.2) is 24.3 Å². The van der Waals surface area contributed by atoms with Crippen molar-refractivity contribution in [3.8, 4) is 0 Å². The lowest BCUT2D eigenvalue weighted by Crippen LogP contribution is -2.08. The van der Waals surface area contributed by atoms with Gasteiger partial charge in [-0.05, 0) is 6.92 Å². The number of carboxylic acids is 2. The predicted octanol–water partition coefficient (Wildman–Crippen LogP) is 0.564. The van der Waals surface area contributed by atoms with E-state index in [4.69, 9.17) is 29.9 Å². The molecule has 0 bridgehead atoms. The molecule has 0 radical (unpaired) electrons. The number of ketones is 1. The van der Waals surface area contributed by atoms with E-state index in [1.165, 1.54) is 19.1 Å². The molecule has 0 fully saturated rings. The molecule has 0 aliphatic heterocycles. The highest BCUT2D eigenvalue weighted by molar-refractivity contribution is 5.77. The summed E-state index contributed by atoms with van der Waals surface area (Å²) in [6.45, 7) is 1.93. The van der Waals surface area contributed by atoms with E-state index in [1.807, 2.05) is 0 Å². The van der Waals surface area contributed by atoms with Gasteiger partial charge in [0.15, 0.2) is 0 Å². The monoisotopic (exact) mass is 406 g/mol. The van der Waals surface area contributed by atoms with Crippen LogP contribution in [0.1, 0.15) is 32.6 Å². The Morgan fingerprint density at radius 1 is 0.750 bits per heavy atom. The molecule has 0 unspecified atom stereocenters. The van der Waals surface area contributed by atoms with Gasteiger partial charge in [-0.25, -0.2) is 0 Å². The van der Waals surface area contributed by atoms with Crippen molar-refractivity contribution in [2.24, 2.45) is 0 Å². The molecule has 0 rings (SSSR count). The normalized spacial score (nSPS) is 9.86. The number of esters is 1. The molecule has 0 aromatic carbocycles. The third-order valence-corrected chi connectivity index (χ3v) is 2.26. The topological polar surface area (TPSA) is 168 Å². The Labute approximate surface area is 164 Å². The Kier molecular flexibility index (Phi) is 26.3. The van der Waals surface area contributed by atoms with Crippen molar-refractivity contribution >= 4 is 23.7 Å². The number of ether oxygens (including phenoxy) is 2. The maximum absolute atomic E-state index is 10.9. The van der Waals surface area contributed by atoms with Crippen molar-refractivity contribution in [2.45, 2.75) is 32.6 Å². The van der Waals surface area contributed by atoms with Crippen LogP contribution in [0.5, 0.6) is 0 Å². The van der Waals surface area contributed by atoms with Gasteiger partial charge in [0.2, 0.25) is 0 Å². The molecule has 0 saturated heterocycles. The Morgan fingerprint density at radius 3 is 1.54 bits per heavy atom. The van der Waals surface area contributed by atoms with E-state index in [0.717, 1.165) is 0 Å². The van der Waals surface area contributed by atoms with Crippen LogP contribution in [-0.4, -0.2) is 77.7 Å². The molecule has 10 nitrogen and oxygen atoms in total. The first-order chi connectivity index (χ1) is 13.2. The van der Waals surface area contributed by atoms with Gasteiger partial charge in [0, 0.05) is 13.5 Å². The SMILES string of the molecule is COCCOC(=O)C/C=C/CC(C)=O.O=C(O)C/C=C/CC(=O)O.OCCO. The third kappa shape index (κ3) is 38.8. The van der Waals surface area contributed by atoms with E-state index < -0.39 is 11.9 Å². The molecule has 0 heterocycles. The molecule has 10 heteroatoms. The third-order valence-electron chi connectivity index (χ3n) is 2.26. The zero-order valence-corrected chi connectivity index (χ0v) is 16.2. The average Bonchev–Trinajstić information content (AvgIpc) is 2.63. The van der Waals surface area contributed by atoms with Gasteiger partial charge >= 0.3 is 17.9 Å². The number of Topliss-reactive ketones (excluding diaryl/α,β-unsaturated/α-hetero) is 1. The summed E-state index contributed by atoms with van der Waals surface area (Å²) in [6.07, 6.45) is 6.27. The van der Waals surface area contributed by atoms with Crippen LogP contribution >= 0.6 is 0 Å². The maximum Gasteiger partial charge on any atom is 0.309 e. The number of methoxy groups -OCH3 is 1. The number of hydrogen-bond donors (Lipinski definition) is 4. The first-order valence-corrected chi connectivity index (χ1v) is 8.30. The van der Waals surface area contributed by atoms with Crippen molar-refractivity contribution in [3.63, 3.8) is 0 Å². The quantitative estimate of drug-likeness (QED) is 0.204. The Bertz CT molecular complexity index is 463. The predicted molar refractivity (Wildman–Crippen MR) is 99.7 cm³/mol. The van der Waals surface area contributed by atoms with Crippen LogP contribution in [-0.2, 0) is 28.7 Å². The Morgan fingerprint density at radius 2 is 1.18 bits per heavy atom. The van der Waals surface area contributed by atoms with Gasteiger partial charge < -0.3 is 29.9 Å². The fourth-order valence-corrected chi connectivity index (χ4v) is 1.09. The number of carbonyl (C=O) groups is 4. The van der Waals surface area contributed by atoms with Crippen molar-refractivity contribution in [3.05, 3.63) is 24.3 Å². The highest BCUT2D eigenvalue weighted by atomic mass is 16.6. The summed E-state index contributed by atoms with van der Waals surface area (Å²) in [4.78, 5) is 41.2. The van der Waals surface area contributed by atoms with Gasteiger partial charge in [-0.2, -0.15) is 0 Å². The average molecular weight is 406 g/mol. The molecule has 162 valence electrons. The molecule has 0 atom stereocenters. The molecule has 0 aliphatic rings. The van der Waals surface area contributed by atoms with Crippen LogP contribution < -0.4 is 0 Å². The first kappa shape index (κ1) is 30.2. The largest absolute Gasteiger partial charge is 0.481 e. The first-order valence-electron chi connectivity index (χ1n) is 8.30. The van der Waals surface area contributed by atoms with Gasteiger partial charge in [0.25, 0.3) is 0 Å². The number of aliphatic hydroxyl groups is 2. The minimum absolute atomic E-state index is 0.0778. The van der Waals surface area contributed by atoms with Crippen LogP contribution in [0.4, 0.5) is 0 Å². The van der Waals surface area contributed by atoms with Crippen LogP contribution in [0, 0.1) is 0 Å². The van der Waals surface area contributed by atoms with E-state index in [-0.39, 0.29) is 50.8 Å². The number of aliphatic carboxylic acids is 2. The second kappa shape index (κ2) is 24.4. The smallest absolute Gasteiger partial charge is 0.309 e. The molecule has 0 aliphatic carbocycles. The highest BCUT2D eigenvalue weighted by Crippen LogP contribution is 1.92. The van der Waals surface area contributed by atoms with E-state index >= 15 is 0 Å².